The summed E-state index contributed by atoms with van der Waals surface area (Å²) in [4.78, 5) is 13.9. The Balaban J connectivity index is 2.25. The Kier molecular flexibility index (Phi) is 3.22. The molecule has 92 valence electrons. The maximum atomic E-state index is 12.1. The lowest BCUT2D eigenvalue weighted by molar-refractivity contribution is -0.119. The Morgan fingerprint density at radius 3 is 3.00 bits per heavy atom. The molecule has 0 fully saturated rings. The molecule has 17 heavy (non-hydrogen) atoms. The molecule has 2 N–H and O–H groups in total. The van der Waals surface area contributed by atoms with Crippen molar-refractivity contribution in [1.29, 1.82) is 0 Å². The SMILES string of the molecule is CC(C)CC(=O)N1CCOc2cc(N)ccc21. The van der Waals surface area contributed by atoms with Gasteiger partial charge in [0.15, 0.2) is 0 Å². The van der Waals surface area contributed by atoms with Crippen molar-refractivity contribution in [1.82, 2.24) is 0 Å². The van der Waals surface area contributed by atoms with Crippen LogP contribution in [0.4, 0.5) is 11.4 Å². The molecule has 4 heteroatoms. The van der Waals surface area contributed by atoms with Crippen molar-refractivity contribution in [3.05, 3.63) is 18.2 Å². The lowest BCUT2D eigenvalue weighted by Gasteiger charge is -2.30. The van der Waals surface area contributed by atoms with Crippen molar-refractivity contribution in [3.8, 4) is 5.75 Å². The van der Waals surface area contributed by atoms with Gasteiger partial charge in [-0.2, -0.15) is 0 Å². The summed E-state index contributed by atoms with van der Waals surface area (Å²) in [6, 6.07) is 5.41. The van der Waals surface area contributed by atoms with Crippen LogP contribution in [-0.4, -0.2) is 19.1 Å². The first-order valence-electron chi connectivity index (χ1n) is 5.90. The summed E-state index contributed by atoms with van der Waals surface area (Å²) >= 11 is 0. The number of nitrogens with two attached hydrogens (primary N) is 1. The number of hydrogen-bond acceptors (Lipinski definition) is 3. The Morgan fingerprint density at radius 2 is 2.29 bits per heavy atom. The van der Waals surface area contributed by atoms with E-state index in [1.165, 1.54) is 0 Å². The van der Waals surface area contributed by atoms with Gasteiger partial charge < -0.3 is 15.4 Å². The van der Waals surface area contributed by atoms with Crippen molar-refractivity contribution < 1.29 is 9.53 Å². The molecule has 1 aliphatic rings. The van der Waals surface area contributed by atoms with Crippen LogP contribution in [0.25, 0.3) is 0 Å². The molecule has 1 aromatic carbocycles. The van der Waals surface area contributed by atoms with Crippen molar-refractivity contribution in [3.63, 3.8) is 0 Å². The second kappa shape index (κ2) is 4.65. The Morgan fingerprint density at radius 1 is 1.53 bits per heavy atom. The second-order valence-electron chi connectivity index (χ2n) is 4.72. The van der Waals surface area contributed by atoms with Crippen molar-refractivity contribution in [2.45, 2.75) is 20.3 Å². The number of nitrogen functional groups attached to an aromatic ring is 1. The van der Waals surface area contributed by atoms with E-state index >= 15 is 0 Å². The Hall–Kier alpha value is -1.71. The van der Waals surface area contributed by atoms with Crippen LogP contribution in [0.15, 0.2) is 18.2 Å². The highest BCUT2D eigenvalue weighted by atomic mass is 16.5. The predicted octanol–water partition coefficient (Wildman–Crippen LogP) is 2.04. The zero-order valence-electron chi connectivity index (χ0n) is 10.3. The van der Waals surface area contributed by atoms with Gasteiger partial charge in [0.25, 0.3) is 0 Å². The van der Waals surface area contributed by atoms with E-state index in [2.05, 4.69) is 0 Å². The first-order chi connectivity index (χ1) is 8.08. The van der Waals surface area contributed by atoms with E-state index in [4.69, 9.17) is 10.5 Å². The van der Waals surface area contributed by atoms with Crippen LogP contribution in [0.1, 0.15) is 20.3 Å². The molecule has 0 spiro atoms. The largest absolute Gasteiger partial charge is 0.489 e. The minimum absolute atomic E-state index is 0.148. The van der Waals surface area contributed by atoms with Gasteiger partial charge >= 0.3 is 0 Å². The van der Waals surface area contributed by atoms with Crippen LogP contribution < -0.4 is 15.4 Å². The minimum atomic E-state index is 0.148. The van der Waals surface area contributed by atoms with E-state index in [0.717, 1.165) is 5.69 Å². The van der Waals surface area contributed by atoms with Crippen LogP contribution >= 0.6 is 0 Å². The molecular weight excluding hydrogens is 216 g/mol. The molecular formula is C13H18N2O2. The fourth-order valence-corrected chi connectivity index (χ4v) is 1.96. The van der Waals surface area contributed by atoms with Crippen molar-refractivity contribution in [2.24, 2.45) is 5.92 Å². The Bertz CT molecular complexity index is 429. The predicted molar refractivity (Wildman–Crippen MR) is 68.2 cm³/mol. The highest BCUT2D eigenvalue weighted by molar-refractivity contribution is 5.95. The smallest absolute Gasteiger partial charge is 0.227 e. The van der Waals surface area contributed by atoms with E-state index < -0.39 is 0 Å². The van der Waals surface area contributed by atoms with Crippen LogP contribution in [0, 0.1) is 5.92 Å². The maximum absolute atomic E-state index is 12.1. The zero-order valence-corrected chi connectivity index (χ0v) is 10.3. The monoisotopic (exact) mass is 234 g/mol. The topological polar surface area (TPSA) is 55.6 Å². The second-order valence-corrected chi connectivity index (χ2v) is 4.72. The fraction of sp³-hybridized carbons (Fsp3) is 0.462. The van der Waals surface area contributed by atoms with Gasteiger partial charge in [-0.05, 0) is 18.1 Å². The number of carbonyl (C=O) groups is 1. The number of nitrogens with zero attached hydrogens (tertiary/aromatic N) is 1. The molecule has 0 bridgehead atoms. The van der Waals surface area contributed by atoms with Crippen molar-refractivity contribution in [2.75, 3.05) is 23.8 Å². The molecule has 0 saturated heterocycles. The quantitative estimate of drug-likeness (QED) is 0.797. The third kappa shape index (κ3) is 2.52. The molecule has 0 saturated carbocycles. The number of amides is 1. The number of carbonyl (C=O) groups excluding carboxylic acids is 1. The van der Waals surface area contributed by atoms with Gasteiger partial charge in [-0.15, -0.1) is 0 Å². The minimum Gasteiger partial charge on any atom is -0.489 e. The normalized spacial score (nSPS) is 14.4. The van der Waals surface area contributed by atoms with Gasteiger partial charge in [0.05, 0.1) is 12.2 Å². The molecule has 0 aliphatic carbocycles. The number of anilines is 2. The van der Waals surface area contributed by atoms with E-state index in [1.54, 1.807) is 17.0 Å². The molecule has 1 aliphatic heterocycles. The number of fused-ring (bicyclic) bond motifs is 1. The molecule has 1 heterocycles. The standard InChI is InChI=1S/C13H18N2O2/c1-9(2)7-13(16)15-5-6-17-12-8-10(14)3-4-11(12)15/h3-4,8-9H,5-7,14H2,1-2H3. The summed E-state index contributed by atoms with van der Waals surface area (Å²) in [5, 5.41) is 0. The number of ether oxygens (including phenoxy) is 1. The summed E-state index contributed by atoms with van der Waals surface area (Å²) in [6.07, 6.45) is 0.559. The van der Waals surface area contributed by atoms with Gasteiger partial charge in [-0.1, -0.05) is 13.8 Å². The van der Waals surface area contributed by atoms with Gasteiger partial charge in [0, 0.05) is 18.2 Å². The number of hydrogen-bond donors (Lipinski definition) is 1. The van der Waals surface area contributed by atoms with E-state index in [1.807, 2.05) is 19.9 Å². The molecule has 4 nitrogen and oxygen atoms in total. The van der Waals surface area contributed by atoms with Gasteiger partial charge in [-0.3, -0.25) is 4.79 Å². The number of rotatable bonds is 2. The number of benzene rings is 1. The molecule has 0 radical (unpaired) electrons. The first kappa shape index (κ1) is 11.8. The van der Waals surface area contributed by atoms with Crippen molar-refractivity contribution >= 4 is 17.3 Å². The molecule has 0 atom stereocenters. The van der Waals surface area contributed by atoms with Crippen LogP contribution in [0.3, 0.4) is 0 Å². The summed E-state index contributed by atoms with van der Waals surface area (Å²) in [6.45, 7) is 5.23. The fourth-order valence-electron chi connectivity index (χ4n) is 1.96. The summed E-state index contributed by atoms with van der Waals surface area (Å²) in [5.41, 5.74) is 7.18. The average molecular weight is 234 g/mol. The zero-order chi connectivity index (χ0) is 12.4. The van der Waals surface area contributed by atoms with Crippen LogP contribution in [0.5, 0.6) is 5.75 Å². The average Bonchev–Trinajstić information content (AvgIpc) is 2.26. The van der Waals surface area contributed by atoms with Gasteiger partial charge in [-0.25, -0.2) is 0 Å². The highest BCUT2D eigenvalue weighted by Crippen LogP contribution is 2.33. The molecule has 2 rings (SSSR count). The third-order valence-electron chi connectivity index (χ3n) is 2.73. The summed E-state index contributed by atoms with van der Waals surface area (Å²) in [7, 11) is 0. The van der Waals surface area contributed by atoms with Crippen LogP contribution in [0.2, 0.25) is 0 Å². The molecule has 1 amide bonds. The van der Waals surface area contributed by atoms with E-state index in [-0.39, 0.29) is 5.91 Å². The lowest BCUT2D eigenvalue weighted by atomic mass is 10.1. The third-order valence-corrected chi connectivity index (χ3v) is 2.73. The van der Waals surface area contributed by atoms with Gasteiger partial charge in [0.1, 0.15) is 12.4 Å². The highest BCUT2D eigenvalue weighted by Gasteiger charge is 2.23. The maximum Gasteiger partial charge on any atom is 0.227 e. The molecule has 1 aromatic rings. The first-order valence-corrected chi connectivity index (χ1v) is 5.90. The molecule has 0 aromatic heterocycles. The van der Waals surface area contributed by atoms with Gasteiger partial charge in [0.2, 0.25) is 5.91 Å². The van der Waals surface area contributed by atoms with E-state index in [0.29, 0.717) is 36.9 Å². The lowest BCUT2D eigenvalue weighted by Crippen LogP contribution is -2.38. The van der Waals surface area contributed by atoms with E-state index in [9.17, 15) is 4.79 Å². The molecule has 0 unspecified atom stereocenters. The Labute approximate surface area is 101 Å². The summed E-state index contributed by atoms with van der Waals surface area (Å²) < 4.78 is 5.52. The summed E-state index contributed by atoms with van der Waals surface area (Å²) in [5.74, 6) is 1.21. The van der Waals surface area contributed by atoms with Crippen LogP contribution in [-0.2, 0) is 4.79 Å².